The van der Waals surface area contributed by atoms with Crippen molar-refractivity contribution in [2.75, 3.05) is 6.61 Å². The fraction of sp³-hybridized carbons (Fsp3) is 0.250. The van der Waals surface area contributed by atoms with E-state index in [0.29, 0.717) is 6.61 Å². The zero-order chi connectivity index (χ0) is 8.81. The van der Waals surface area contributed by atoms with Crippen molar-refractivity contribution in [3.05, 3.63) is 30.3 Å². The Morgan fingerprint density at radius 1 is 1.33 bits per heavy atom. The van der Waals surface area contributed by atoms with Crippen LogP contribution in [0.4, 0.5) is 0 Å². The molecule has 1 rings (SSSR count). The molecule has 0 radical (unpaired) electrons. The van der Waals surface area contributed by atoms with Gasteiger partial charge in [-0.05, 0) is 19.1 Å². The molecule has 1 atom stereocenters. The first kappa shape index (κ1) is 9.85. The standard InChI is InChI=1S/C8H11O2PS/c1-2-9-11(12)10-8-6-4-3-5-7-8/h3-7,12H,2H2,1H3. The van der Waals surface area contributed by atoms with E-state index < -0.39 is 7.58 Å². The maximum Gasteiger partial charge on any atom is 0.295 e. The van der Waals surface area contributed by atoms with Crippen molar-refractivity contribution in [2.24, 2.45) is 0 Å². The van der Waals surface area contributed by atoms with E-state index in [1.165, 1.54) is 0 Å². The molecule has 1 unspecified atom stereocenters. The van der Waals surface area contributed by atoms with Gasteiger partial charge in [-0.15, -0.1) is 0 Å². The monoisotopic (exact) mass is 202 g/mol. The summed E-state index contributed by atoms with van der Waals surface area (Å²) in [6.45, 7) is 2.54. The Kier molecular flexibility index (Phi) is 4.44. The van der Waals surface area contributed by atoms with Gasteiger partial charge in [-0.3, -0.25) is 0 Å². The highest BCUT2D eigenvalue weighted by molar-refractivity contribution is 8.42. The molecule has 12 heavy (non-hydrogen) atoms. The quantitative estimate of drug-likeness (QED) is 0.596. The van der Waals surface area contributed by atoms with Gasteiger partial charge in [0.25, 0.3) is 7.58 Å². The summed E-state index contributed by atoms with van der Waals surface area (Å²) in [7, 11) is -1.06. The molecule has 66 valence electrons. The van der Waals surface area contributed by atoms with Crippen LogP contribution >= 0.6 is 19.8 Å². The molecule has 0 aliphatic carbocycles. The van der Waals surface area contributed by atoms with Crippen LogP contribution in [0, 0.1) is 0 Å². The lowest BCUT2D eigenvalue weighted by Crippen LogP contribution is -1.86. The van der Waals surface area contributed by atoms with Crippen LogP contribution < -0.4 is 4.52 Å². The van der Waals surface area contributed by atoms with Crippen molar-refractivity contribution >= 4 is 19.8 Å². The Hall–Kier alpha value is -0.240. The number of para-hydroxylation sites is 1. The summed E-state index contributed by atoms with van der Waals surface area (Å²) >= 11 is 4.14. The molecule has 2 nitrogen and oxygen atoms in total. The van der Waals surface area contributed by atoms with E-state index in [0.717, 1.165) is 5.75 Å². The maximum absolute atomic E-state index is 5.36. The first-order valence-electron chi connectivity index (χ1n) is 3.68. The predicted octanol–water partition coefficient (Wildman–Crippen LogP) is 3.26. The molecule has 0 N–H and O–H groups in total. The molecule has 1 aromatic rings. The van der Waals surface area contributed by atoms with Crippen LogP contribution in [0.25, 0.3) is 0 Å². The van der Waals surface area contributed by atoms with E-state index in [9.17, 15) is 0 Å². The predicted molar refractivity (Wildman–Crippen MR) is 54.6 cm³/mol. The topological polar surface area (TPSA) is 18.5 Å². The van der Waals surface area contributed by atoms with Crippen LogP contribution in [-0.2, 0) is 4.52 Å². The van der Waals surface area contributed by atoms with Gasteiger partial charge < -0.3 is 9.05 Å². The van der Waals surface area contributed by atoms with E-state index in [4.69, 9.17) is 9.05 Å². The number of benzene rings is 1. The minimum absolute atomic E-state index is 0.627. The summed E-state index contributed by atoms with van der Waals surface area (Å²) < 4.78 is 10.5. The molecule has 0 bridgehead atoms. The Balaban J connectivity index is 2.41. The third-order valence-electron chi connectivity index (χ3n) is 1.17. The van der Waals surface area contributed by atoms with Crippen LogP contribution in [0.5, 0.6) is 5.75 Å². The molecular weight excluding hydrogens is 191 g/mol. The Morgan fingerprint density at radius 3 is 2.58 bits per heavy atom. The first-order valence-corrected chi connectivity index (χ1v) is 6.01. The highest BCUT2D eigenvalue weighted by atomic mass is 32.7. The molecule has 0 amide bonds. The van der Waals surface area contributed by atoms with Gasteiger partial charge in [0.05, 0.1) is 6.61 Å². The SMILES string of the molecule is CCOP(S)Oc1ccccc1. The second-order valence-electron chi connectivity index (χ2n) is 2.06. The fourth-order valence-electron chi connectivity index (χ4n) is 0.708. The van der Waals surface area contributed by atoms with Crippen molar-refractivity contribution in [1.29, 1.82) is 0 Å². The molecule has 0 fully saturated rings. The third-order valence-corrected chi connectivity index (χ3v) is 2.60. The summed E-state index contributed by atoms with van der Waals surface area (Å²) in [6.07, 6.45) is 0. The lowest BCUT2D eigenvalue weighted by molar-refractivity contribution is 0.347. The summed E-state index contributed by atoms with van der Waals surface area (Å²) in [4.78, 5) is 0. The third kappa shape index (κ3) is 3.44. The molecule has 1 aromatic carbocycles. The van der Waals surface area contributed by atoms with Gasteiger partial charge in [-0.2, -0.15) is 0 Å². The van der Waals surface area contributed by atoms with Crippen molar-refractivity contribution in [3.63, 3.8) is 0 Å². The van der Waals surface area contributed by atoms with E-state index in [2.05, 4.69) is 12.2 Å². The average Bonchev–Trinajstić information content (AvgIpc) is 2.06. The highest BCUT2D eigenvalue weighted by Gasteiger charge is 2.03. The van der Waals surface area contributed by atoms with Gasteiger partial charge >= 0.3 is 0 Å². The van der Waals surface area contributed by atoms with Crippen LogP contribution in [0.15, 0.2) is 30.3 Å². The van der Waals surface area contributed by atoms with Crippen LogP contribution in [0.3, 0.4) is 0 Å². The lowest BCUT2D eigenvalue weighted by atomic mass is 10.3. The molecule has 0 spiro atoms. The van der Waals surface area contributed by atoms with E-state index in [1.807, 2.05) is 37.3 Å². The second-order valence-corrected chi connectivity index (χ2v) is 3.96. The molecule has 0 saturated carbocycles. The minimum Gasteiger partial charge on any atom is -0.440 e. The maximum atomic E-state index is 5.36. The van der Waals surface area contributed by atoms with E-state index in [1.54, 1.807) is 0 Å². The molecule has 4 heteroatoms. The minimum atomic E-state index is -1.06. The normalized spacial score (nSPS) is 12.5. The fourth-order valence-corrected chi connectivity index (χ4v) is 1.91. The zero-order valence-corrected chi connectivity index (χ0v) is 8.59. The smallest absolute Gasteiger partial charge is 0.295 e. The molecular formula is C8H11O2PS. The molecule has 0 aliphatic heterocycles. The van der Waals surface area contributed by atoms with Crippen LogP contribution in [0.2, 0.25) is 0 Å². The highest BCUT2D eigenvalue weighted by Crippen LogP contribution is 2.43. The van der Waals surface area contributed by atoms with Gasteiger partial charge in [-0.1, -0.05) is 30.4 Å². The lowest BCUT2D eigenvalue weighted by Gasteiger charge is -2.10. The van der Waals surface area contributed by atoms with Gasteiger partial charge in [0.15, 0.2) is 0 Å². The molecule has 0 aromatic heterocycles. The first-order chi connectivity index (χ1) is 5.83. The Bertz CT molecular complexity index is 218. The van der Waals surface area contributed by atoms with Crippen molar-refractivity contribution in [1.82, 2.24) is 0 Å². The summed E-state index contributed by atoms with van der Waals surface area (Å²) in [5.74, 6) is 0.798. The van der Waals surface area contributed by atoms with Crippen molar-refractivity contribution in [2.45, 2.75) is 6.92 Å². The van der Waals surface area contributed by atoms with Gasteiger partial charge in [0.2, 0.25) is 0 Å². The van der Waals surface area contributed by atoms with Crippen LogP contribution in [-0.4, -0.2) is 6.61 Å². The molecule has 0 heterocycles. The van der Waals surface area contributed by atoms with Crippen molar-refractivity contribution in [3.8, 4) is 5.75 Å². The van der Waals surface area contributed by atoms with Gasteiger partial charge in [-0.25, -0.2) is 0 Å². The number of hydrogen-bond acceptors (Lipinski definition) is 3. The zero-order valence-electron chi connectivity index (χ0n) is 6.80. The molecule has 0 saturated heterocycles. The largest absolute Gasteiger partial charge is 0.440 e. The summed E-state index contributed by atoms with van der Waals surface area (Å²) in [6, 6.07) is 9.53. The Labute approximate surface area is 79.0 Å². The number of rotatable bonds is 4. The molecule has 0 aliphatic rings. The number of hydrogen-bond donors (Lipinski definition) is 1. The average molecular weight is 202 g/mol. The summed E-state index contributed by atoms with van der Waals surface area (Å²) in [5.41, 5.74) is 0. The van der Waals surface area contributed by atoms with Gasteiger partial charge in [0.1, 0.15) is 5.75 Å². The second kappa shape index (κ2) is 5.41. The van der Waals surface area contributed by atoms with Crippen molar-refractivity contribution < 1.29 is 9.05 Å². The van der Waals surface area contributed by atoms with E-state index >= 15 is 0 Å². The summed E-state index contributed by atoms with van der Waals surface area (Å²) in [5, 5.41) is 0. The number of thiol groups is 1. The van der Waals surface area contributed by atoms with Crippen LogP contribution in [0.1, 0.15) is 6.92 Å². The van der Waals surface area contributed by atoms with E-state index in [-0.39, 0.29) is 0 Å². The Morgan fingerprint density at radius 2 is 2.00 bits per heavy atom. The van der Waals surface area contributed by atoms with Gasteiger partial charge in [0, 0.05) is 0 Å².